The third kappa shape index (κ3) is 3.31. The fourth-order valence-electron chi connectivity index (χ4n) is 4.41. The number of methoxy groups -OCH3 is 1. The van der Waals surface area contributed by atoms with Gasteiger partial charge in [-0.2, -0.15) is 0 Å². The molecule has 1 atom stereocenters. The van der Waals surface area contributed by atoms with E-state index < -0.39 is 7.60 Å². The fraction of sp³-hybridized carbons (Fsp3) is 0.524. The Kier molecular flexibility index (Phi) is 6.06. The maximum atomic E-state index is 13.6. The number of ether oxygens (including phenoxy) is 1. The molecule has 1 aromatic rings. The molecule has 3 rings (SSSR count). The van der Waals surface area contributed by atoms with Gasteiger partial charge in [0.05, 0.1) is 20.3 Å². The number of benzene rings is 1. The van der Waals surface area contributed by atoms with E-state index in [1.54, 1.807) is 7.11 Å². The molecule has 0 unspecified atom stereocenters. The molecule has 2 aliphatic carbocycles. The lowest BCUT2D eigenvalue weighted by atomic mass is 9.69. The zero-order valence-electron chi connectivity index (χ0n) is 16.0. The summed E-state index contributed by atoms with van der Waals surface area (Å²) in [4.78, 5) is 0. The lowest BCUT2D eigenvalue weighted by Crippen LogP contribution is -2.26. The molecule has 0 radical (unpaired) electrons. The molecule has 0 amide bonds. The third-order valence-corrected chi connectivity index (χ3v) is 7.76. The van der Waals surface area contributed by atoms with Crippen LogP contribution >= 0.6 is 7.60 Å². The fourth-order valence-corrected chi connectivity index (χ4v) is 6.66. The van der Waals surface area contributed by atoms with Crippen molar-refractivity contribution in [2.45, 2.75) is 46.0 Å². The maximum absolute atomic E-state index is 13.6. The lowest BCUT2D eigenvalue weighted by molar-refractivity contribution is 0.220. The highest BCUT2D eigenvalue weighted by Gasteiger charge is 2.51. The Morgan fingerprint density at radius 1 is 1.04 bits per heavy atom. The molecular weight excluding hydrogens is 347 g/mol. The minimum atomic E-state index is -3.30. The molecule has 1 spiro atoms. The highest BCUT2D eigenvalue weighted by atomic mass is 31.2. The van der Waals surface area contributed by atoms with Gasteiger partial charge in [0.15, 0.2) is 0 Å². The van der Waals surface area contributed by atoms with Gasteiger partial charge >= 0.3 is 7.60 Å². The van der Waals surface area contributed by atoms with Gasteiger partial charge in [-0.05, 0) is 57.6 Å². The van der Waals surface area contributed by atoms with E-state index in [4.69, 9.17) is 13.8 Å². The van der Waals surface area contributed by atoms with Crippen molar-refractivity contribution in [1.82, 2.24) is 0 Å². The summed E-state index contributed by atoms with van der Waals surface area (Å²) in [6.45, 7) is 4.48. The molecule has 0 aromatic heterocycles. The molecule has 26 heavy (non-hydrogen) atoms. The van der Waals surface area contributed by atoms with Crippen LogP contribution in [-0.2, 0) is 13.6 Å². The summed E-state index contributed by atoms with van der Waals surface area (Å²) in [5, 5.41) is 0.852. The van der Waals surface area contributed by atoms with Crippen LogP contribution in [0.2, 0.25) is 0 Å². The van der Waals surface area contributed by atoms with Crippen molar-refractivity contribution in [3.05, 3.63) is 47.3 Å². The molecule has 4 nitrogen and oxygen atoms in total. The van der Waals surface area contributed by atoms with E-state index in [0.29, 0.717) is 13.2 Å². The summed E-state index contributed by atoms with van der Waals surface area (Å²) in [6, 6.07) is 8.10. The van der Waals surface area contributed by atoms with Crippen LogP contribution in [0.1, 0.15) is 51.5 Å². The van der Waals surface area contributed by atoms with Gasteiger partial charge in [-0.25, -0.2) is 0 Å². The topological polar surface area (TPSA) is 44.8 Å². The van der Waals surface area contributed by atoms with Gasteiger partial charge in [0, 0.05) is 16.3 Å². The zero-order valence-corrected chi connectivity index (χ0v) is 16.9. The highest BCUT2D eigenvalue weighted by molar-refractivity contribution is 7.58. The second-order valence-corrected chi connectivity index (χ2v) is 8.75. The summed E-state index contributed by atoms with van der Waals surface area (Å²) in [7, 11) is -1.60. The van der Waals surface area contributed by atoms with Crippen molar-refractivity contribution in [2.24, 2.45) is 5.41 Å². The van der Waals surface area contributed by atoms with Crippen molar-refractivity contribution in [1.29, 1.82) is 0 Å². The van der Waals surface area contributed by atoms with Crippen molar-refractivity contribution in [2.75, 3.05) is 20.3 Å². The largest absolute Gasteiger partial charge is 0.496 e. The van der Waals surface area contributed by atoms with Gasteiger partial charge in [0.2, 0.25) is 0 Å². The first kappa shape index (κ1) is 19.4. The average Bonchev–Trinajstić information content (AvgIpc) is 3.07. The minimum Gasteiger partial charge on any atom is -0.496 e. The summed E-state index contributed by atoms with van der Waals surface area (Å²) >= 11 is 0. The quantitative estimate of drug-likeness (QED) is 0.532. The monoisotopic (exact) mass is 376 g/mol. The van der Waals surface area contributed by atoms with Gasteiger partial charge < -0.3 is 13.8 Å². The van der Waals surface area contributed by atoms with Crippen molar-refractivity contribution in [3.8, 4) is 5.75 Å². The summed E-state index contributed by atoms with van der Waals surface area (Å²) in [6.07, 6.45) is 9.29. The first-order chi connectivity index (χ1) is 12.6. The molecular formula is C21H29O4P. The molecule has 0 heterocycles. The number of para-hydroxylation sites is 1. The Hall–Kier alpha value is -1.35. The molecule has 5 heteroatoms. The predicted octanol–water partition coefficient (Wildman–Crippen LogP) is 6.19. The number of rotatable bonds is 7. The van der Waals surface area contributed by atoms with Crippen LogP contribution in [0.25, 0.3) is 5.57 Å². The molecule has 0 aliphatic heterocycles. The van der Waals surface area contributed by atoms with Crippen LogP contribution < -0.4 is 4.74 Å². The summed E-state index contributed by atoms with van der Waals surface area (Å²) < 4.78 is 30.7. The molecule has 142 valence electrons. The van der Waals surface area contributed by atoms with Crippen LogP contribution in [0.4, 0.5) is 0 Å². The number of hydrogen-bond donors (Lipinski definition) is 0. The second-order valence-electron chi connectivity index (χ2n) is 6.75. The Bertz CT molecular complexity index is 742. The third-order valence-electron chi connectivity index (χ3n) is 5.36. The molecule has 2 aliphatic rings. The normalized spacial score (nSPS) is 23.0. The Morgan fingerprint density at radius 2 is 1.77 bits per heavy atom. The van der Waals surface area contributed by atoms with Crippen molar-refractivity contribution >= 4 is 13.2 Å². The predicted molar refractivity (Wildman–Crippen MR) is 105 cm³/mol. The van der Waals surface area contributed by atoms with E-state index in [1.807, 2.05) is 32.0 Å². The molecule has 0 saturated heterocycles. The Balaban J connectivity index is 2.11. The maximum Gasteiger partial charge on any atom is 0.357 e. The Morgan fingerprint density at radius 3 is 2.46 bits per heavy atom. The van der Waals surface area contributed by atoms with Gasteiger partial charge in [-0.3, -0.25) is 4.57 Å². The average molecular weight is 376 g/mol. The van der Waals surface area contributed by atoms with E-state index in [1.165, 1.54) is 5.57 Å². The molecule has 0 bridgehead atoms. The van der Waals surface area contributed by atoms with Gasteiger partial charge in [-0.1, -0.05) is 30.4 Å². The Labute approximate surface area is 156 Å². The molecule has 0 fully saturated rings. The smallest absolute Gasteiger partial charge is 0.357 e. The van der Waals surface area contributed by atoms with Crippen LogP contribution in [0, 0.1) is 5.41 Å². The van der Waals surface area contributed by atoms with E-state index in [-0.39, 0.29) is 5.41 Å². The van der Waals surface area contributed by atoms with E-state index >= 15 is 0 Å². The molecule has 0 N–H and O–H groups in total. The van der Waals surface area contributed by atoms with Crippen LogP contribution in [0.3, 0.4) is 0 Å². The van der Waals surface area contributed by atoms with E-state index in [0.717, 1.165) is 48.7 Å². The lowest BCUT2D eigenvalue weighted by Gasteiger charge is -2.40. The van der Waals surface area contributed by atoms with Crippen LogP contribution in [0.5, 0.6) is 5.75 Å². The van der Waals surface area contributed by atoms with Gasteiger partial charge in [0.25, 0.3) is 0 Å². The molecule has 1 aromatic carbocycles. The molecule has 0 saturated carbocycles. The first-order valence-electron chi connectivity index (χ1n) is 9.55. The van der Waals surface area contributed by atoms with Crippen molar-refractivity contribution in [3.63, 3.8) is 0 Å². The van der Waals surface area contributed by atoms with E-state index in [9.17, 15) is 4.57 Å². The van der Waals surface area contributed by atoms with Crippen molar-refractivity contribution < 1.29 is 18.3 Å². The minimum absolute atomic E-state index is 0.285. The SMILES string of the molecule is CCOP(=O)(OCC)C1=CCC[C@@]12CCCC=C2c1ccccc1OC. The first-order valence-corrected chi connectivity index (χ1v) is 11.1. The van der Waals surface area contributed by atoms with Gasteiger partial charge in [-0.15, -0.1) is 0 Å². The summed E-state index contributed by atoms with van der Waals surface area (Å²) in [5.74, 6) is 0.855. The van der Waals surface area contributed by atoms with Crippen LogP contribution in [0.15, 0.2) is 41.7 Å². The summed E-state index contributed by atoms with van der Waals surface area (Å²) in [5.41, 5.74) is 2.01. The van der Waals surface area contributed by atoms with Crippen LogP contribution in [-0.4, -0.2) is 20.3 Å². The van der Waals surface area contributed by atoms with E-state index in [2.05, 4.69) is 18.2 Å². The zero-order chi connectivity index (χ0) is 18.6. The van der Waals surface area contributed by atoms with Gasteiger partial charge in [0.1, 0.15) is 5.75 Å². The number of allylic oxidation sites excluding steroid dienone is 4. The second kappa shape index (κ2) is 8.12. The number of hydrogen-bond acceptors (Lipinski definition) is 4. The standard InChI is InChI=1S/C21H29O4P/c1-4-24-26(22,25-5-2)20-14-10-16-21(20)15-9-8-12-18(21)17-11-6-7-13-19(17)23-3/h6-7,11-14H,4-5,8-10,15-16H2,1-3H3/t21-/m1/s1. The highest BCUT2D eigenvalue weighted by Crippen LogP contribution is 2.70.